The van der Waals surface area contributed by atoms with Crippen LogP contribution < -0.4 is 0 Å². The molecule has 1 aliphatic rings. The molecular formula is C8H14O2S. The topological polar surface area (TPSA) is 37.3 Å². The standard InChI is InChI=1S/C8H14O2S/c9-8(10)2-1-7-3-5-11-6-4-7/h7H,1-6H2,(H,9,10). The first-order valence-corrected chi connectivity index (χ1v) is 5.24. The predicted octanol–water partition coefficient (Wildman–Crippen LogP) is 1.99. The van der Waals surface area contributed by atoms with Gasteiger partial charge in [-0.05, 0) is 36.7 Å². The van der Waals surface area contributed by atoms with E-state index in [1.807, 2.05) is 11.8 Å². The van der Waals surface area contributed by atoms with Crippen LogP contribution in [0.1, 0.15) is 25.7 Å². The molecule has 0 atom stereocenters. The lowest BCUT2D eigenvalue weighted by atomic mass is 9.97. The molecule has 0 aliphatic carbocycles. The first-order valence-electron chi connectivity index (χ1n) is 4.08. The maximum atomic E-state index is 10.2. The van der Waals surface area contributed by atoms with E-state index in [1.54, 1.807) is 0 Å². The molecule has 1 rings (SSSR count). The minimum Gasteiger partial charge on any atom is -0.481 e. The van der Waals surface area contributed by atoms with Gasteiger partial charge in [0.1, 0.15) is 0 Å². The van der Waals surface area contributed by atoms with Gasteiger partial charge in [0.25, 0.3) is 0 Å². The van der Waals surface area contributed by atoms with Gasteiger partial charge in [0.2, 0.25) is 0 Å². The molecule has 1 N–H and O–H groups in total. The van der Waals surface area contributed by atoms with Crippen LogP contribution in [-0.4, -0.2) is 22.6 Å². The Bertz CT molecular complexity index is 130. The summed E-state index contributed by atoms with van der Waals surface area (Å²) in [6, 6.07) is 0. The van der Waals surface area contributed by atoms with Gasteiger partial charge in [-0.3, -0.25) is 4.79 Å². The average molecular weight is 174 g/mol. The lowest BCUT2D eigenvalue weighted by Crippen LogP contribution is -2.11. The molecule has 0 aromatic rings. The third-order valence-corrected chi connectivity index (χ3v) is 3.16. The van der Waals surface area contributed by atoms with E-state index in [1.165, 1.54) is 24.3 Å². The van der Waals surface area contributed by atoms with Gasteiger partial charge in [0.05, 0.1) is 0 Å². The molecule has 0 aromatic carbocycles. The summed E-state index contributed by atoms with van der Waals surface area (Å²) in [6.07, 6.45) is 3.68. The highest BCUT2D eigenvalue weighted by molar-refractivity contribution is 7.99. The van der Waals surface area contributed by atoms with Crippen LogP contribution >= 0.6 is 11.8 Å². The molecule has 0 bridgehead atoms. The van der Waals surface area contributed by atoms with Crippen molar-refractivity contribution in [1.29, 1.82) is 0 Å². The quantitative estimate of drug-likeness (QED) is 0.711. The Morgan fingerprint density at radius 1 is 1.45 bits per heavy atom. The minimum absolute atomic E-state index is 0.356. The van der Waals surface area contributed by atoms with Gasteiger partial charge in [-0.1, -0.05) is 0 Å². The normalized spacial score (nSPS) is 20.0. The molecule has 64 valence electrons. The molecule has 11 heavy (non-hydrogen) atoms. The summed E-state index contributed by atoms with van der Waals surface area (Å²) in [5.74, 6) is 2.49. The van der Waals surface area contributed by atoms with E-state index in [2.05, 4.69) is 0 Å². The molecule has 0 aromatic heterocycles. The van der Waals surface area contributed by atoms with Crippen LogP contribution in [0, 0.1) is 5.92 Å². The van der Waals surface area contributed by atoms with Crippen molar-refractivity contribution in [3.05, 3.63) is 0 Å². The van der Waals surface area contributed by atoms with Crippen molar-refractivity contribution >= 4 is 17.7 Å². The number of carboxylic acid groups (broad SMARTS) is 1. The summed E-state index contributed by atoms with van der Waals surface area (Å²) < 4.78 is 0. The first-order chi connectivity index (χ1) is 5.29. The van der Waals surface area contributed by atoms with Crippen LogP contribution in [0.3, 0.4) is 0 Å². The zero-order valence-corrected chi connectivity index (χ0v) is 7.40. The Balaban J connectivity index is 2.09. The number of hydrogen-bond acceptors (Lipinski definition) is 2. The lowest BCUT2D eigenvalue weighted by Gasteiger charge is -2.19. The molecule has 1 saturated heterocycles. The van der Waals surface area contributed by atoms with E-state index in [9.17, 15) is 4.79 Å². The third-order valence-electron chi connectivity index (χ3n) is 2.11. The predicted molar refractivity (Wildman–Crippen MR) is 46.9 cm³/mol. The smallest absolute Gasteiger partial charge is 0.303 e. The number of hydrogen-bond donors (Lipinski definition) is 1. The zero-order chi connectivity index (χ0) is 8.10. The van der Waals surface area contributed by atoms with Crippen molar-refractivity contribution in [1.82, 2.24) is 0 Å². The fourth-order valence-corrected chi connectivity index (χ4v) is 2.57. The molecule has 3 heteroatoms. The van der Waals surface area contributed by atoms with Crippen LogP contribution in [-0.2, 0) is 4.79 Å². The number of carbonyl (C=O) groups is 1. The summed E-state index contributed by atoms with van der Waals surface area (Å²) in [5.41, 5.74) is 0. The van der Waals surface area contributed by atoms with Gasteiger partial charge in [0, 0.05) is 6.42 Å². The molecule has 0 radical (unpaired) electrons. The molecule has 1 heterocycles. The Hall–Kier alpha value is -0.180. The highest BCUT2D eigenvalue weighted by Crippen LogP contribution is 2.25. The second kappa shape index (κ2) is 4.65. The Labute approximate surface area is 71.4 Å². The van der Waals surface area contributed by atoms with E-state index in [0.717, 1.165) is 6.42 Å². The average Bonchev–Trinajstić information content (AvgIpc) is 2.03. The van der Waals surface area contributed by atoms with E-state index in [-0.39, 0.29) is 0 Å². The van der Waals surface area contributed by atoms with Crippen molar-refractivity contribution in [3.8, 4) is 0 Å². The highest BCUT2D eigenvalue weighted by atomic mass is 32.2. The third kappa shape index (κ3) is 3.65. The highest BCUT2D eigenvalue weighted by Gasteiger charge is 2.14. The SMILES string of the molecule is O=C(O)CCC1CCSCC1. The largest absolute Gasteiger partial charge is 0.481 e. The van der Waals surface area contributed by atoms with Gasteiger partial charge in [-0.2, -0.15) is 11.8 Å². The van der Waals surface area contributed by atoms with Gasteiger partial charge >= 0.3 is 5.97 Å². The Morgan fingerprint density at radius 2 is 2.09 bits per heavy atom. The number of thioether (sulfide) groups is 1. The number of aliphatic carboxylic acids is 1. The van der Waals surface area contributed by atoms with Crippen molar-refractivity contribution in [2.45, 2.75) is 25.7 Å². The lowest BCUT2D eigenvalue weighted by molar-refractivity contribution is -0.137. The maximum Gasteiger partial charge on any atom is 0.303 e. The van der Waals surface area contributed by atoms with Crippen molar-refractivity contribution in [3.63, 3.8) is 0 Å². The second-order valence-electron chi connectivity index (χ2n) is 2.99. The molecule has 0 amide bonds. The van der Waals surface area contributed by atoms with Crippen LogP contribution in [0.25, 0.3) is 0 Å². The van der Waals surface area contributed by atoms with Crippen LogP contribution in [0.5, 0.6) is 0 Å². The Morgan fingerprint density at radius 3 is 2.64 bits per heavy atom. The van der Waals surface area contributed by atoms with E-state index >= 15 is 0 Å². The first kappa shape index (κ1) is 8.91. The molecule has 1 aliphatic heterocycles. The van der Waals surface area contributed by atoms with E-state index < -0.39 is 5.97 Å². The maximum absolute atomic E-state index is 10.2. The van der Waals surface area contributed by atoms with E-state index in [0.29, 0.717) is 12.3 Å². The van der Waals surface area contributed by atoms with Crippen LogP contribution in [0.4, 0.5) is 0 Å². The van der Waals surface area contributed by atoms with E-state index in [4.69, 9.17) is 5.11 Å². The number of carboxylic acids is 1. The Kier molecular flexibility index (Phi) is 3.77. The molecule has 0 unspecified atom stereocenters. The van der Waals surface area contributed by atoms with Crippen LogP contribution in [0.2, 0.25) is 0 Å². The number of rotatable bonds is 3. The summed E-state index contributed by atoms with van der Waals surface area (Å²) >= 11 is 1.99. The summed E-state index contributed by atoms with van der Waals surface area (Å²) in [7, 11) is 0. The summed E-state index contributed by atoms with van der Waals surface area (Å²) in [4.78, 5) is 10.2. The van der Waals surface area contributed by atoms with Crippen molar-refractivity contribution in [2.24, 2.45) is 5.92 Å². The van der Waals surface area contributed by atoms with Gasteiger partial charge in [-0.25, -0.2) is 0 Å². The molecular weight excluding hydrogens is 160 g/mol. The van der Waals surface area contributed by atoms with Gasteiger partial charge in [0.15, 0.2) is 0 Å². The molecule has 2 nitrogen and oxygen atoms in total. The van der Waals surface area contributed by atoms with Crippen molar-refractivity contribution in [2.75, 3.05) is 11.5 Å². The summed E-state index contributed by atoms with van der Waals surface area (Å²) in [5, 5.41) is 8.44. The van der Waals surface area contributed by atoms with Crippen molar-refractivity contribution < 1.29 is 9.90 Å². The minimum atomic E-state index is -0.650. The molecule has 0 spiro atoms. The monoisotopic (exact) mass is 174 g/mol. The summed E-state index contributed by atoms with van der Waals surface area (Å²) in [6.45, 7) is 0. The van der Waals surface area contributed by atoms with Crippen LogP contribution in [0.15, 0.2) is 0 Å². The fourth-order valence-electron chi connectivity index (χ4n) is 1.36. The fraction of sp³-hybridized carbons (Fsp3) is 0.875. The molecule has 1 fully saturated rings. The second-order valence-corrected chi connectivity index (χ2v) is 4.21. The van der Waals surface area contributed by atoms with Gasteiger partial charge < -0.3 is 5.11 Å². The zero-order valence-electron chi connectivity index (χ0n) is 6.58. The van der Waals surface area contributed by atoms with Gasteiger partial charge in [-0.15, -0.1) is 0 Å². The molecule has 0 saturated carbocycles.